The predicted octanol–water partition coefficient (Wildman–Crippen LogP) is 1.83. The molecule has 0 bridgehead atoms. The van der Waals surface area contributed by atoms with Crippen LogP contribution in [0.15, 0.2) is 12.1 Å². The Balaban J connectivity index is 3.21. The van der Waals surface area contributed by atoms with Crippen molar-refractivity contribution in [2.45, 2.75) is 0 Å². The molecular weight excluding hydrogens is 192 g/mol. The third kappa shape index (κ3) is 1.81. The van der Waals surface area contributed by atoms with Crippen LogP contribution in [0.3, 0.4) is 0 Å². The van der Waals surface area contributed by atoms with E-state index >= 15 is 0 Å². The third-order valence-corrected chi connectivity index (χ3v) is 1.69. The van der Waals surface area contributed by atoms with Crippen molar-refractivity contribution in [2.24, 2.45) is 0 Å². The van der Waals surface area contributed by atoms with Crippen LogP contribution < -0.4 is 5.48 Å². The quantitative estimate of drug-likeness (QED) is 0.415. The maximum atomic E-state index is 12.7. The maximum Gasteiger partial charge on any atom is 0.160 e. The van der Waals surface area contributed by atoms with Crippen LogP contribution in [0.5, 0.6) is 0 Å². The molecule has 0 saturated carbocycles. The first-order valence-electron chi connectivity index (χ1n) is 2.75. The van der Waals surface area contributed by atoms with Crippen LogP contribution in [-0.4, -0.2) is 0 Å². The van der Waals surface area contributed by atoms with Gasteiger partial charge >= 0.3 is 0 Å². The monoisotopic (exact) mass is 195 g/mol. The first-order valence-corrected chi connectivity index (χ1v) is 3.50. The first kappa shape index (κ1) is 8.74. The Hall–Kier alpha value is -0.350. The summed E-state index contributed by atoms with van der Waals surface area (Å²) in [5.41, 5.74) is 0.818. The standard InChI is InChI=1S/C6H4Cl2FNO/c7-4-1-3(10-11)2-5(8)6(4)9/h1-2H,10H2. The molecule has 0 atom stereocenters. The molecule has 2 nitrogen and oxygen atoms in total. The van der Waals surface area contributed by atoms with E-state index in [1.165, 1.54) is 12.1 Å². The van der Waals surface area contributed by atoms with E-state index in [1.54, 1.807) is 0 Å². The normalized spacial score (nSPS) is 10.2. The number of hydrogen-bond acceptors (Lipinski definition) is 1. The van der Waals surface area contributed by atoms with Gasteiger partial charge in [0.1, 0.15) is 5.69 Å². The van der Waals surface area contributed by atoms with Crippen LogP contribution in [0, 0.1) is 11.0 Å². The average molecular weight is 196 g/mol. The fraction of sp³-hybridized carbons (Fsp3) is 0. The summed E-state index contributed by atoms with van der Waals surface area (Å²) in [5, 5.41) is 9.90. The van der Waals surface area contributed by atoms with Gasteiger partial charge < -0.3 is 10.7 Å². The zero-order chi connectivity index (χ0) is 8.43. The van der Waals surface area contributed by atoms with Crippen molar-refractivity contribution in [3.63, 3.8) is 0 Å². The van der Waals surface area contributed by atoms with Crippen LogP contribution in [0.25, 0.3) is 0 Å². The minimum Gasteiger partial charge on any atom is -0.630 e. The average Bonchev–Trinajstić information content (AvgIpc) is 1.99. The summed E-state index contributed by atoms with van der Waals surface area (Å²) in [6.45, 7) is 0. The second kappa shape index (κ2) is 3.36. The number of benzene rings is 1. The minimum absolute atomic E-state index is 0.139. The molecule has 2 N–H and O–H groups in total. The molecule has 0 radical (unpaired) electrons. The topological polar surface area (TPSA) is 39.7 Å². The number of quaternary nitrogens is 1. The molecule has 0 aliphatic rings. The molecule has 0 unspecified atom stereocenters. The molecule has 0 heterocycles. The number of nitrogens with two attached hydrogens (primary N) is 1. The van der Waals surface area contributed by atoms with Gasteiger partial charge in [-0.25, -0.2) is 4.39 Å². The first-order chi connectivity index (χ1) is 5.15. The Morgan fingerprint density at radius 1 is 1.27 bits per heavy atom. The van der Waals surface area contributed by atoms with E-state index in [0.29, 0.717) is 5.48 Å². The second-order valence-electron chi connectivity index (χ2n) is 1.92. The lowest BCUT2D eigenvalue weighted by molar-refractivity contribution is -0.497. The molecule has 11 heavy (non-hydrogen) atoms. The van der Waals surface area contributed by atoms with Gasteiger partial charge in [0.25, 0.3) is 0 Å². The highest BCUT2D eigenvalue weighted by Gasteiger charge is 2.07. The summed E-state index contributed by atoms with van der Waals surface area (Å²) in [7, 11) is 0. The van der Waals surface area contributed by atoms with Crippen LogP contribution in [-0.2, 0) is 0 Å². The fourth-order valence-electron chi connectivity index (χ4n) is 0.643. The predicted molar refractivity (Wildman–Crippen MR) is 41.4 cm³/mol. The summed E-state index contributed by atoms with van der Waals surface area (Å²) in [6.07, 6.45) is 0. The summed E-state index contributed by atoms with van der Waals surface area (Å²) in [6, 6.07) is 2.44. The molecule has 0 fully saturated rings. The van der Waals surface area contributed by atoms with Gasteiger partial charge in [0.05, 0.1) is 10.0 Å². The van der Waals surface area contributed by atoms with Crippen LogP contribution >= 0.6 is 23.2 Å². The molecule has 0 aliphatic carbocycles. The Morgan fingerprint density at radius 2 is 1.73 bits per heavy atom. The molecule has 5 heteroatoms. The van der Waals surface area contributed by atoms with Crippen molar-refractivity contribution in [2.75, 3.05) is 0 Å². The van der Waals surface area contributed by atoms with E-state index in [4.69, 9.17) is 23.2 Å². The lowest BCUT2D eigenvalue weighted by Gasteiger charge is -2.03. The highest BCUT2D eigenvalue weighted by Crippen LogP contribution is 2.24. The summed E-state index contributed by atoms with van der Waals surface area (Å²) in [5.74, 6) is -0.695. The lowest BCUT2D eigenvalue weighted by Crippen LogP contribution is -2.70. The van der Waals surface area contributed by atoms with Gasteiger partial charge in [0.15, 0.2) is 5.82 Å². The van der Waals surface area contributed by atoms with Crippen LogP contribution in [0.2, 0.25) is 10.0 Å². The summed E-state index contributed by atoms with van der Waals surface area (Å²) in [4.78, 5) is 0. The Labute approximate surface area is 72.5 Å². The molecule has 1 aromatic carbocycles. The van der Waals surface area contributed by atoms with Gasteiger partial charge in [0, 0.05) is 12.1 Å². The van der Waals surface area contributed by atoms with Crippen molar-refractivity contribution >= 4 is 28.9 Å². The van der Waals surface area contributed by atoms with Crippen LogP contribution in [0.1, 0.15) is 0 Å². The van der Waals surface area contributed by atoms with Gasteiger partial charge in [0.2, 0.25) is 0 Å². The molecule has 0 saturated heterocycles. The Bertz CT molecular complexity index is 256. The molecular formula is C6H4Cl2FNO. The van der Waals surface area contributed by atoms with Crippen LogP contribution in [0.4, 0.5) is 10.1 Å². The van der Waals surface area contributed by atoms with E-state index in [1.807, 2.05) is 0 Å². The molecule has 0 aromatic heterocycles. The highest BCUT2D eigenvalue weighted by atomic mass is 35.5. The Morgan fingerprint density at radius 3 is 2.09 bits per heavy atom. The van der Waals surface area contributed by atoms with E-state index in [2.05, 4.69) is 0 Å². The smallest absolute Gasteiger partial charge is 0.160 e. The molecule has 0 aliphatic heterocycles. The Kier molecular flexibility index (Phi) is 2.67. The zero-order valence-corrected chi connectivity index (χ0v) is 6.79. The van der Waals surface area contributed by atoms with Crippen molar-refractivity contribution < 1.29 is 9.87 Å². The van der Waals surface area contributed by atoms with Gasteiger partial charge in [-0.1, -0.05) is 23.2 Å². The molecule has 60 valence electrons. The minimum atomic E-state index is -0.695. The fourth-order valence-corrected chi connectivity index (χ4v) is 1.15. The van der Waals surface area contributed by atoms with Crippen molar-refractivity contribution in [3.8, 4) is 0 Å². The zero-order valence-electron chi connectivity index (χ0n) is 5.27. The van der Waals surface area contributed by atoms with Crippen molar-refractivity contribution in [3.05, 3.63) is 33.2 Å². The maximum absolute atomic E-state index is 12.7. The number of hydrogen-bond donors (Lipinski definition) is 1. The highest BCUT2D eigenvalue weighted by molar-refractivity contribution is 6.35. The summed E-state index contributed by atoms with van der Waals surface area (Å²) >= 11 is 10.8. The van der Waals surface area contributed by atoms with E-state index < -0.39 is 5.82 Å². The SMILES string of the molecule is [O-][NH2+]c1cc(Cl)c(F)c(Cl)c1. The second-order valence-corrected chi connectivity index (χ2v) is 2.73. The van der Waals surface area contributed by atoms with Gasteiger partial charge in [-0.3, -0.25) is 0 Å². The molecule has 1 rings (SSSR count). The van der Waals surface area contributed by atoms with E-state index in [-0.39, 0.29) is 15.7 Å². The lowest BCUT2D eigenvalue weighted by atomic mass is 10.3. The third-order valence-electron chi connectivity index (χ3n) is 1.14. The van der Waals surface area contributed by atoms with Gasteiger partial charge in [-0.05, 0) is 0 Å². The molecule has 0 spiro atoms. The number of rotatable bonds is 1. The van der Waals surface area contributed by atoms with E-state index in [0.717, 1.165) is 0 Å². The van der Waals surface area contributed by atoms with E-state index in [9.17, 15) is 9.60 Å². The van der Waals surface area contributed by atoms with Gasteiger partial charge in [-0.2, -0.15) is 0 Å². The number of halogens is 3. The van der Waals surface area contributed by atoms with Crippen molar-refractivity contribution in [1.29, 1.82) is 0 Å². The molecule has 0 amide bonds. The molecule has 1 aromatic rings. The largest absolute Gasteiger partial charge is 0.630 e. The van der Waals surface area contributed by atoms with Gasteiger partial charge in [-0.15, -0.1) is 0 Å². The van der Waals surface area contributed by atoms with Crippen molar-refractivity contribution in [1.82, 2.24) is 0 Å². The summed E-state index contributed by atoms with van der Waals surface area (Å²) < 4.78 is 12.7.